The number of nitrogens with zero attached hydrogens (tertiary/aromatic N) is 1. The molecule has 0 aromatic heterocycles. The molecule has 0 N–H and O–H groups in total. The van der Waals surface area contributed by atoms with E-state index >= 15 is 0 Å². The van der Waals surface area contributed by atoms with Gasteiger partial charge in [-0.1, -0.05) is 127 Å². The van der Waals surface area contributed by atoms with Gasteiger partial charge >= 0.3 is 0 Å². The van der Waals surface area contributed by atoms with Crippen LogP contribution in [-0.2, 0) is 43.9 Å². The van der Waals surface area contributed by atoms with Gasteiger partial charge in [0, 0.05) is 5.56 Å². The van der Waals surface area contributed by atoms with Gasteiger partial charge in [0.1, 0.15) is 0 Å². The molecule has 0 radical (unpaired) electrons. The third-order valence-electron chi connectivity index (χ3n) is 14.4. The Bertz CT molecular complexity index is 2600. The fourth-order valence-corrected chi connectivity index (χ4v) is 11.7. The molecule has 7 aromatic carbocycles. The molecule has 286 valence electrons. The van der Waals surface area contributed by atoms with Gasteiger partial charge in [-0.15, -0.1) is 0 Å². The molecule has 0 saturated heterocycles. The molecule has 11 rings (SSSR count). The Morgan fingerprint density at radius 2 is 0.879 bits per heavy atom. The SMILES string of the molecule is Cc1ccc2c(c1N(c1cc3c(cc1-c1cccc4c1CCCC4)-c1ccccc1C3(c1ccccc1)c1ccccc1)c1c(C)ccc3c1CCCC3)CCCC2. The van der Waals surface area contributed by atoms with Crippen LogP contribution in [0.15, 0.2) is 140 Å². The van der Waals surface area contributed by atoms with Crippen LogP contribution in [0.4, 0.5) is 17.1 Å². The summed E-state index contributed by atoms with van der Waals surface area (Å²) in [5.41, 5.74) is 26.6. The van der Waals surface area contributed by atoms with Gasteiger partial charge < -0.3 is 4.90 Å². The Morgan fingerprint density at radius 3 is 1.48 bits per heavy atom. The highest BCUT2D eigenvalue weighted by atomic mass is 15.2. The van der Waals surface area contributed by atoms with E-state index in [0.717, 1.165) is 38.5 Å². The molecule has 1 heteroatoms. The molecule has 0 amide bonds. The first-order valence-electron chi connectivity index (χ1n) is 22.2. The highest BCUT2D eigenvalue weighted by molar-refractivity contribution is 5.99. The number of hydrogen-bond donors (Lipinski definition) is 0. The first-order valence-corrected chi connectivity index (χ1v) is 22.2. The van der Waals surface area contributed by atoms with Gasteiger partial charge in [-0.05, 0) is 186 Å². The van der Waals surface area contributed by atoms with E-state index in [1.165, 1.54) is 128 Å². The van der Waals surface area contributed by atoms with Crippen molar-refractivity contribution in [3.8, 4) is 22.3 Å². The van der Waals surface area contributed by atoms with E-state index in [-0.39, 0.29) is 0 Å². The van der Waals surface area contributed by atoms with Crippen molar-refractivity contribution in [3.63, 3.8) is 0 Å². The summed E-state index contributed by atoms with van der Waals surface area (Å²) in [6.45, 7) is 4.76. The predicted molar refractivity (Wildman–Crippen MR) is 243 cm³/mol. The molecule has 7 aromatic rings. The van der Waals surface area contributed by atoms with E-state index in [2.05, 4.69) is 158 Å². The fourth-order valence-electron chi connectivity index (χ4n) is 11.7. The number of benzene rings is 7. The molecule has 0 heterocycles. The molecule has 0 aliphatic heterocycles. The zero-order valence-electron chi connectivity index (χ0n) is 34.2. The van der Waals surface area contributed by atoms with Crippen LogP contribution in [0.1, 0.15) is 105 Å². The Labute approximate surface area is 345 Å². The molecule has 0 saturated carbocycles. The van der Waals surface area contributed by atoms with Gasteiger partial charge in [0.15, 0.2) is 0 Å². The topological polar surface area (TPSA) is 3.24 Å². The van der Waals surface area contributed by atoms with Crippen LogP contribution in [0, 0.1) is 13.8 Å². The van der Waals surface area contributed by atoms with E-state index in [4.69, 9.17) is 0 Å². The van der Waals surface area contributed by atoms with Gasteiger partial charge in [0.2, 0.25) is 0 Å². The summed E-state index contributed by atoms with van der Waals surface area (Å²) >= 11 is 0. The third kappa shape index (κ3) is 5.42. The summed E-state index contributed by atoms with van der Waals surface area (Å²) in [5, 5.41) is 0. The second-order valence-corrected chi connectivity index (χ2v) is 17.6. The lowest BCUT2D eigenvalue weighted by atomic mass is 9.67. The number of rotatable bonds is 6. The second kappa shape index (κ2) is 14.3. The quantitative estimate of drug-likeness (QED) is 0.164. The van der Waals surface area contributed by atoms with Gasteiger partial charge in [0.25, 0.3) is 0 Å². The second-order valence-electron chi connectivity index (χ2n) is 17.6. The van der Waals surface area contributed by atoms with Gasteiger partial charge in [-0.2, -0.15) is 0 Å². The van der Waals surface area contributed by atoms with Crippen LogP contribution in [0.3, 0.4) is 0 Å². The van der Waals surface area contributed by atoms with Crippen molar-refractivity contribution >= 4 is 17.1 Å². The molecule has 0 spiro atoms. The van der Waals surface area contributed by atoms with E-state index < -0.39 is 5.41 Å². The number of fused-ring (bicyclic) bond motifs is 6. The maximum absolute atomic E-state index is 2.83. The van der Waals surface area contributed by atoms with Crippen LogP contribution >= 0.6 is 0 Å². The molecular weight excluding hydrogens is 699 g/mol. The predicted octanol–water partition coefficient (Wildman–Crippen LogP) is 14.4. The van der Waals surface area contributed by atoms with Gasteiger partial charge in [-0.25, -0.2) is 0 Å². The molecule has 4 aliphatic carbocycles. The maximum atomic E-state index is 2.83. The van der Waals surface area contributed by atoms with Crippen molar-refractivity contribution in [3.05, 3.63) is 206 Å². The minimum atomic E-state index is -0.486. The number of anilines is 3. The number of aryl methyl sites for hydroxylation is 5. The zero-order valence-corrected chi connectivity index (χ0v) is 34.2. The van der Waals surface area contributed by atoms with Gasteiger partial charge in [0.05, 0.1) is 22.5 Å². The molecule has 0 atom stereocenters. The molecule has 1 nitrogen and oxygen atoms in total. The first kappa shape index (κ1) is 35.5. The third-order valence-corrected chi connectivity index (χ3v) is 14.4. The van der Waals surface area contributed by atoms with Crippen molar-refractivity contribution < 1.29 is 0 Å². The summed E-state index contributed by atoms with van der Waals surface area (Å²) in [6.07, 6.45) is 14.4. The van der Waals surface area contributed by atoms with E-state index in [0.29, 0.717) is 0 Å². The lowest BCUT2D eigenvalue weighted by Gasteiger charge is -2.39. The lowest BCUT2D eigenvalue weighted by Crippen LogP contribution is -2.29. The molecule has 0 bridgehead atoms. The summed E-state index contributed by atoms with van der Waals surface area (Å²) in [4.78, 5) is 2.83. The Kier molecular flexibility index (Phi) is 8.76. The Hall–Kier alpha value is -5.66. The van der Waals surface area contributed by atoms with Crippen molar-refractivity contribution in [2.45, 2.75) is 96.3 Å². The maximum Gasteiger partial charge on any atom is 0.0714 e. The highest BCUT2D eigenvalue weighted by Gasteiger charge is 2.47. The van der Waals surface area contributed by atoms with E-state index in [1.807, 2.05) is 0 Å². The molecular formula is C57H53N. The van der Waals surface area contributed by atoms with Gasteiger partial charge in [-0.3, -0.25) is 0 Å². The standard InChI is InChI=1S/C57H53N/c1-38-32-34-41-19-10-13-27-46(41)55(38)58(56-39(2)33-35-42-20-11-14-28-47(42)56)54-37-53-50(36-51(54)48-30-17-21-40-18-9-12-26-45(40)48)49-29-15-16-31-52(49)57(53,43-22-5-3-6-23-43)44-24-7-4-8-25-44/h3-8,15-17,21-25,29-37H,9-14,18-20,26-28H2,1-2H3. The minimum Gasteiger partial charge on any atom is -0.309 e. The average molecular weight is 752 g/mol. The summed E-state index contributed by atoms with van der Waals surface area (Å²) in [7, 11) is 0. The summed E-state index contributed by atoms with van der Waals surface area (Å²) in [5.74, 6) is 0. The Balaban J connectivity index is 1.33. The Morgan fingerprint density at radius 1 is 0.379 bits per heavy atom. The van der Waals surface area contributed by atoms with Crippen molar-refractivity contribution in [1.29, 1.82) is 0 Å². The summed E-state index contributed by atoms with van der Waals surface area (Å²) in [6, 6.07) is 54.3. The largest absolute Gasteiger partial charge is 0.309 e. The highest BCUT2D eigenvalue weighted by Crippen LogP contribution is 2.60. The van der Waals surface area contributed by atoms with E-state index in [1.54, 1.807) is 16.7 Å². The molecule has 4 aliphatic rings. The van der Waals surface area contributed by atoms with Crippen LogP contribution in [0.2, 0.25) is 0 Å². The smallest absolute Gasteiger partial charge is 0.0714 e. The molecule has 58 heavy (non-hydrogen) atoms. The van der Waals surface area contributed by atoms with Crippen LogP contribution in [0.5, 0.6) is 0 Å². The zero-order chi connectivity index (χ0) is 38.8. The van der Waals surface area contributed by atoms with Crippen LogP contribution in [-0.4, -0.2) is 0 Å². The van der Waals surface area contributed by atoms with Crippen molar-refractivity contribution in [1.82, 2.24) is 0 Å². The van der Waals surface area contributed by atoms with Crippen LogP contribution in [0.25, 0.3) is 22.3 Å². The van der Waals surface area contributed by atoms with Crippen molar-refractivity contribution in [2.24, 2.45) is 0 Å². The van der Waals surface area contributed by atoms with Crippen molar-refractivity contribution in [2.75, 3.05) is 4.90 Å². The number of hydrogen-bond acceptors (Lipinski definition) is 1. The fraction of sp³-hybridized carbons (Fsp3) is 0.263. The molecule has 0 unspecified atom stereocenters. The minimum absolute atomic E-state index is 0.486. The lowest BCUT2D eigenvalue weighted by molar-refractivity contribution is 0.681. The molecule has 0 fully saturated rings. The van der Waals surface area contributed by atoms with E-state index in [9.17, 15) is 0 Å². The average Bonchev–Trinajstić information content (AvgIpc) is 3.58. The first-order chi connectivity index (χ1) is 28.6. The normalized spacial score (nSPS) is 16.1. The van der Waals surface area contributed by atoms with Crippen LogP contribution < -0.4 is 4.90 Å². The monoisotopic (exact) mass is 751 g/mol. The summed E-state index contributed by atoms with van der Waals surface area (Å²) < 4.78 is 0.